The average Bonchev–Trinajstić information content (AvgIpc) is 1.80. The van der Waals surface area contributed by atoms with Crippen LogP contribution in [0.2, 0.25) is 5.28 Å². The zero-order chi connectivity index (χ0) is 62.3. The molecule has 2 aliphatic carbocycles. The van der Waals surface area contributed by atoms with Crippen LogP contribution in [0.25, 0.3) is 22.3 Å². The molecular formula is C52H51ClF10N16O8. The Bertz CT molecular complexity index is 3840. The van der Waals surface area contributed by atoms with E-state index in [2.05, 4.69) is 56.1 Å². The maximum atomic E-state index is 14.5. The molecule has 464 valence electrons. The molecule has 8 aromatic heterocycles. The van der Waals surface area contributed by atoms with Crippen LogP contribution in [0, 0.1) is 11.8 Å². The van der Waals surface area contributed by atoms with Crippen LogP contribution in [-0.2, 0) is 45.0 Å². The highest BCUT2D eigenvalue weighted by Gasteiger charge is 2.62. The van der Waals surface area contributed by atoms with Crippen molar-refractivity contribution in [2.45, 2.75) is 74.8 Å². The Hall–Kier alpha value is -8.79. The van der Waals surface area contributed by atoms with E-state index < -0.39 is 47.7 Å². The molecule has 0 aromatic carbocycles. The van der Waals surface area contributed by atoms with E-state index in [4.69, 9.17) is 45.8 Å². The fourth-order valence-corrected chi connectivity index (χ4v) is 9.25. The number of amides is 2. The molecule has 5 N–H and O–H groups in total. The topological polar surface area (TPSA) is 274 Å². The number of fused-ring (bicyclic) bond motifs is 2. The number of halogens is 11. The number of methoxy groups -OCH3 is 2. The minimum atomic E-state index is -5.83. The lowest BCUT2D eigenvalue weighted by Crippen LogP contribution is -2.36. The van der Waals surface area contributed by atoms with Gasteiger partial charge in [0.15, 0.2) is 40.1 Å². The molecule has 87 heavy (non-hydrogen) atoms. The Morgan fingerprint density at radius 3 is 1.53 bits per heavy atom. The SMILES string of the molecule is COc1c(Oc2ccnc(NC(=O)C3CC3)c2)cnc2nc(Cl)n(C)c12.COc1c(Oc2ccnc(NC(=O)C3CC3)c2)cnc2nc(Nc3cc(C(F)(F)C(F)(F)F)n([C@H]4CCOC4)n3)n(C)c12.Nc1cc(C(F)(F)C(F)(F)F)n([C@H]2CCOC2)n1. The first-order valence-corrected chi connectivity index (χ1v) is 26.7. The standard InChI is InChI=1S/C26H25F5N8O4.C17H16ClN5O3.C9H10F5N3O/c1-38-20-21(41-2)16(43-15-5-7-32-18(9-15)34-23(40)13-3-4-13)11-33-22(20)36-24(38)35-19-10-17(25(27,28)26(29,30)31)39(37-19)14-6-8-42-12-14;1-23-13-14(25-2)11(8-20-15(13)22-17(23)18)26-10-5-6-19-12(7-10)21-16(24)9-3-4-9;10-8(11,9(12,13)14)6-3-7(15)16-17(6)5-1-2-18-4-5/h5,7,9-11,13-14H,3-4,6,8,12H2,1-2H3,(H,32,34,40)(H,33,35,36,37);5-9H,3-4H2,1-2H3,(H,19,21,24);3,5H,1-2,4H2,(H2,15,16)/t14-;;5-/m0.0/s1. The second-order valence-corrected chi connectivity index (χ2v) is 20.5. The Morgan fingerprint density at radius 1 is 0.621 bits per heavy atom. The zero-order valence-corrected chi connectivity index (χ0v) is 46.8. The van der Waals surface area contributed by atoms with Crippen LogP contribution in [0.4, 0.5) is 73.1 Å². The van der Waals surface area contributed by atoms with Crippen LogP contribution in [0.3, 0.4) is 0 Å². The molecule has 2 saturated heterocycles. The molecule has 35 heteroatoms. The smallest absolute Gasteiger partial charge is 0.459 e. The minimum Gasteiger partial charge on any atom is -0.491 e. The highest BCUT2D eigenvalue weighted by atomic mass is 35.5. The van der Waals surface area contributed by atoms with Crippen molar-refractivity contribution in [3.05, 3.63) is 77.9 Å². The van der Waals surface area contributed by atoms with Gasteiger partial charge in [-0.3, -0.25) is 19.0 Å². The van der Waals surface area contributed by atoms with Gasteiger partial charge in [0.05, 0.1) is 51.9 Å². The summed E-state index contributed by atoms with van der Waals surface area (Å²) in [4.78, 5) is 49.3. The summed E-state index contributed by atoms with van der Waals surface area (Å²) in [5, 5.41) is 16.1. The lowest BCUT2D eigenvalue weighted by atomic mass is 10.2. The summed E-state index contributed by atoms with van der Waals surface area (Å²) in [7, 11) is 6.27. The summed E-state index contributed by atoms with van der Waals surface area (Å²) in [6.07, 6.45) is -1.52. The number of anilines is 5. The predicted molar refractivity (Wildman–Crippen MR) is 287 cm³/mol. The van der Waals surface area contributed by atoms with Gasteiger partial charge in [-0.2, -0.15) is 64.1 Å². The van der Waals surface area contributed by atoms with Crippen molar-refractivity contribution in [3.63, 3.8) is 0 Å². The Balaban J connectivity index is 0.000000161. The van der Waals surface area contributed by atoms with Crippen LogP contribution in [0.5, 0.6) is 34.5 Å². The third kappa shape index (κ3) is 13.0. The number of hydrogen-bond acceptors (Lipinski definition) is 18. The Labute approximate surface area is 489 Å². The number of pyridine rings is 4. The summed E-state index contributed by atoms with van der Waals surface area (Å²) < 4.78 is 170. The first kappa shape index (κ1) is 61.3. The molecule has 2 aliphatic heterocycles. The second kappa shape index (κ2) is 24.2. The van der Waals surface area contributed by atoms with Gasteiger partial charge in [-0.1, -0.05) is 0 Å². The predicted octanol–water partition coefficient (Wildman–Crippen LogP) is 10.3. The third-order valence-corrected chi connectivity index (χ3v) is 14.2. The van der Waals surface area contributed by atoms with Crippen LogP contribution in [-0.4, -0.2) is 123 Å². The number of carbonyl (C=O) groups is 2. The summed E-state index contributed by atoms with van der Waals surface area (Å²) >= 11 is 6.06. The Kier molecular flexibility index (Phi) is 17.0. The van der Waals surface area contributed by atoms with E-state index in [0.717, 1.165) is 25.7 Å². The fraction of sp³-hybridized carbons (Fsp3) is 0.423. The molecule has 10 heterocycles. The monoisotopic (exact) mass is 1250 g/mol. The van der Waals surface area contributed by atoms with Crippen molar-refractivity contribution < 1.29 is 81.9 Å². The molecule has 2 atom stereocenters. The van der Waals surface area contributed by atoms with E-state index in [9.17, 15) is 53.5 Å². The number of nitrogens with two attached hydrogens (primary N) is 1. The highest BCUT2D eigenvalue weighted by molar-refractivity contribution is 6.29. The molecule has 8 aromatic rings. The quantitative estimate of drug-likeness (QED) is 0.0655. The van der Waals surface area contributed by atoms with Gasteiger partial charge in [0, 0.05) is 75.8 Å². The summed E-state index contributed by atoms with van der Waals surface area (Å²) in [6.45, 7) is 0.495. The molecule has 0 spiro atoms. The maximum Gasteiger partial charge on any atom is 0.459 e. The van der Waals surface area contributed by atoms with Crippen molar-refractivity contribution >= 4 is 75.0 Å². The van der Waals surface area contributed by atoms with Crippen LogP contribution in [0.1, 0.15) is 62.0 Å². The van der Waals surface area contributed by atoms with Crippen LogP contribution >= 0.6 is 11.6 Å². The van der Waals surface area contributed by atoms with Crippen molar-refractivity contribution in [2.24, 2.45) is 25.9 Å². The molecule has 0 radical (unpaired) electrons. The molecule has 0 bridgehead atoms. The lowest BCUT2D eigenvalue weighted by Gasteiger charge is -2.22. The van der Waals surface area contributed by atoms with Gasteiger partial charge in [-0.25, -0.2) is 19.9 Å². The average molecular weight is 1250 g/mol. The number of aryl methyl sites for hydroxylation is 2. The lowest BCUT2D eigenvalue weighted by molar-refractivity contribution is -0.292. The summed E-state index contributed by atoms with van der Waals surface area (Å²) in [5.74, 6) is -7.92. The minimum absolute atomic E-state index is 0.0103. The molecule has 24 nitrogen and oxygen atoms in total. The Morgan fingerprint density at radius 2 is 1.08 bits per heavy atom. The maximum absolute atomic E-state index is 14.5. The number of carbonyl (C=O) groups excluding carboxylic acids is 2. The number of rotatable bonds is 16. The van der Waals surface area contributed by atoms with E-state index in [-0.39, 0.29) is 84.6 Å². The van der Waals surface area contributed by atoms with Crippen molar-refractivity contribution in [1.82, 2.24) is 58.6 Å². The molecule has 0 unspecified atom stereocenters. The van der Waals surface area contributed by atoms with Gasteiger partial charge in [-0.15, -0.1) is 0 Å². The van der Waals surface area contributed by atoms with Gasteiger partial charge in [0.2, 0.25) is 23.0 Å². The molecule has 4 fully saturated rings. The van der Waals surface area contributed by atoms with Gasteiger partial charge < -0.3 is 59.2 Å². The third-order valence-electron chi connectivity index (χ3n) is 13.9. The highest BCUT2D eigenvalue weighted by Crippen LogP contribution is 2.48. The second-order valence-electron chi connectivity index (χ2n) is 20.1. The van der Waals surface area contributed by atoms with E-state index in [1.807, 2.05) is 0 Å². The van der Waals surface area contributed by atoms with E-state index >= 15 is 0 Å². The number of alkyl halides is 10. The van der Waals surface area contributed by atoms with Crippen LogP contribution < -0.4 is 40.6 Å². The first-order chi connectivity index (χ1) is 41.3. The van der Waals surface area contributed by atoms with Gasteiger partial charge in [0.1, 0.15) is 51.4 Å². The van der Waals surface area contributed by atoms with E-state index in [0.29, 0.717) is 91.1 Å². The van der Waals surface area contributed by atoms with Gasteiger partial charge in [0.25, 0.3) is 0 Å². The summed E-state index contributed by atoms with van der Waals surface area (Å²) in [6, 6.07) is 6.21. The number of nitrogens with one attached hydrogen (secondary N) is 3. The van der Waals surface area contributed by atoms with E-state index in [1.54, 1.807) is 49.1 Å². The van der Waals surface area contributed by atoms with Crippen molar-refractivity contribution in [3.8, 4) is 34.5 Å². The number of aromatic nitrogens is 12. The number of nitrogen functional groups attached to an aromatic ring is 1. The van der Waals surface area contributed by atoms with Gasteiger partial charge in [-0.05, 0) is 62.3 Å². The normalized spacial score (nSPS) is 17.1. The number of hydrogen-bond donors (Lipinski definition) is 4. The number of ether oxygens (including phenoxy) is 6. The molecule has 4 aliphatic rings. The van der Waals surface area contributed by atoms with Crippen LogP contribution in [0.15, 0.2) is 61.2 Å². The van der Waals surface area contributed by atoms with E-state index in [1.165, 1.54) is 37.4 Å². The molecule has 2 saturated carbocycles. The molecule has 12 rings (SSSR count). The van der Waals surface area contributed by atoms with Crippen molar-refractivity contribution in [2.75, 3.05) is 62.3 Å². The van der Waals surface area contributed by atoms with Crippen molar-refractivity contribution in [1.29, 1.82) is 0 Å². The molecule has 2 amide bonds. The largest absolute Gasteiger partial charge is 0.491 e. The zero-order valence-electron chi connectivity index (χ0n) is 46.0. The summed E-state index contributed by atoms with van der Waals surface area (Å²) in [5.41, 5.74) is 4.26. The number of nitrogens with zero attached hydrogens (tertiary/aromatic N) is 12. The molecular weight excluding hydrogens is 1200 g/mol. The first-order valence-electron chi connectivity index (χ1n) is 26.4. The fourth-order valence-electron chi connectivity index (χ4n) is 9.09. The number of imidazole rings is 2. The van der Waals surface area contributed by atoms with Gasteiger partial charge >= 0.3 is 24.2 Å².